The smallest absolute Gasteiger partial charge is 0.236 e. The molecule has 3 heteroatoms. The minimum absolute atomic E-state index is 0.0197. The van der Waals surface area contributed by atoms with E-state index in [1.165, 1.54) is 0 Å². The van der Waals surface area contributed by atoms with Crippen molar-refractivity contribution in [3.63, 3.8) is 0 Å². The molecule has 0 aromatic carbocycles. The molecule has 3 nitrogen and oxygen atoms in total. The first-order valence-electron chi connectivity index (χ1n) is 4.25. The molecule has 0 spiro atoms. The van der Waals surface area contributed by atoms with E-state index in [1.54, 1.807) is 0 Å². The molecule has 1 unspecified atom stereocenters. The van der Waals surface area contributed by atoms with Crippen molar-refractivity contribution in [3.05, 3.63) is 0 Å². The topological polar surface area (TPSA) is 55.1 Å². The number of carbonyl (C=O) groups is 1. The molecule has 3 N–H and O–H groups in total. The van der Waals surface area contributed by atoms with Crippen LogP contribution in [0.3, 0.4) is 0 Å². The Balaban J connectivity index is 3.47. The van der Waals surface area contributed by atoms with E-state index in [1.807, 2.05) is 13.8 Å². The Morgan fingerprint density at radius 1 is 1.45 bits per heavy atom. The SMILES string of the molecule is CCCNC(=O)C(N)CCC. The second kappa shape index (κ2) is 6.16. The largest absolute Gasteiger partial charge is 0.355 e. The molecular formula is C8H18N2O. The number of hydrogen-bond donors (Lipinski definition) is 2. The lowest BCUT2D eigenvalue weighted by molar-refractivity contribution is -0.122. The van der Waals surface area contributed by atoms with Crippen molar-refractivity contribution >= 4 is 5.91 Å². The summed E-state index contributed by atoms with van der Waals surface area (Å²) in [4.78, 5) is 11.1. The maximum Gasteiger partial charge on any atom is 0.236 e. The van der Waals surface area contributed by atoms with Crippen LogP contribution in [0.4, 0.5) is 0 Å². The van der Waals surface area contributed by atoms with Gasteiger partial charge in [0.15, 0.2) is 0 Å². The van der Waals surface area contributed by atoms with Crippen LogP contribution in [0, 0.1) is 0 Å². The van der Waals surface area contributed by atoms with Crippen LogP contribution < -0.4 is 11.1 Å². The highest BCUT2D eigenvalue weighted by molar-refractivity contribution is 5.81. The van der Waals surface area contributed by atoms with E-state index in [9.17, 15) is 4.79 Å². The van der Waals surface area contributed by atoms with Crippen LogP contribution in [0.5, 0.6) is 0 Å². The zero-order valence-electron chi connectivity index (χ0n) is 7.39. The molecule has 0 rings (SSSR count). The molecule has 1 amide bonds. The molecule has 0 aliphatic rings. The molecule has 0 radical (unpaired) electrons. The summed E-state index contributed by atoms with van der Waals surface area (Å²) in [6.07, 6.45) is 2.70. The van der Waals surface area contributed by atoms with E-state index >= 15 is 0 Å². The maximum absolute atomic E-state index is 11.1. The molecule has 0 saturated carbocycles. The van der Waals surface area contributed by atoms with E-state index in [-0.39, 0.29) is 11.9 Å². The Morgan fingerprint density at radius 2 is 2.09 bits per heavy atom. The zero-order valence-corrected chi connectivity index (χ0v) is 7.39. The van der Waals surface area contributed by atoms with Gasteiger partial charge < -0.3 is 11.1 Å². The lowest BCUT2D eigenvalue weighted by Gasteiger charge is -2.09. The van der Waals surface area contributed by atoms with Crippen molar-refractivity contribution in [2.24, 2.45) is 5.73 Å². The first-order chi connectivity index (χ1) is 5.22. The maximum atomic E-state index is 11.1. The third-order valence-corrected chi connectivity index (χ3v) is 1.49. The van der Waals surface area contributed by atoms with Gasteiger partial charge in [0, 0.05) is 6.54 Å². The van der Waals surface area contributed by atoms with Gasteiger partial charge in [0.2, 0.25) is 5.91 Å². The fraction of sp³-hybridized carbons (Fsp3) is 0.875. The molecule has 0 aromatic heterocycles. The summed E-state index contributed by atoms with van der Waals surface area (Å²) in [7, 11) is 0. The lowest BCUT2D eigenvalue weighted by atomic mass is 10.2. The minimum Gasteiger partial charge on any atom is -0.355 e. The molecular weight excluding hydrogens is 140 g/mol. The standard InChI is InChI=1S/C8H18N2O/c1-3-5-7(9)8(11)10-6-4-2/h7H,3-6,9H2,1-2H3,(H,10,11). The quantitative estimate of drug-likeness (QED) is 0.617. The van der Waals surface area contributed by atoms with Crippen molar-refractivity contribution < 1.29 is 4.79 Å². The van der Waals surface area contributed by atoms with Crippen LogP contribution in [0.25, 0.3) is 0 Å². The molecule has 66 valence electrons. The summed E-state index contributed by atoms with van der Waals surface area (Å²) in [6.45, 7) is 4.77. The molecule has 11 heavy (non-hydrogen) atoms. The van der Waals surface area contributed by atoms with E-state index in [0.717, 1.165) is 25.8 Å². The van der Waals surface area contributed by atoms with E-state index in [2.05, 4.69) is 5.32 Å². The molecule has 0 heterocycles. The summed E-state index contributed by atoms with van der Waals surface area (Å²) in [5, 5.41) is 2.75. The second-order valence-electron chi connectivity index (χ2n) is 2.69. The van der Waals surface area contributed by atoms with Gasteiger partial charge in [-0.25, -0.2) is 0 Å². The van der Waals surface area contributed by atoms with E-state index in [0.29, 0.717) is 0 Å². The Labute approximate surface area is 68.3 Å². The van der Waals surface area contributed by atoms with Crippen LogP contribution in [-0.2, 0) is 4.79 Å². The molecule has 0 fully saturated rings. The van der Waals surface area contributed by atoms with Gasteiger partial charge in [0.05, 0.1) is 6.04 Å². The number of nitrogens with two attached hydrogens (primary N) is 1. The molecule has 0 bridgehead atoms. The summed E-state index contributed by atoms with van der Waals surface area (Å²) < 4.78 is 0. The molecule has 1 atom stereocenters. The highest BCUT2D eigenvalue weighted by atomic mass is 16.2. The highest BCUT2D eigenvalue weighted by Gasteiger charge is 2.09. The number of rotatable bonds is 5. The fourth-order valence-electron chi connectivity index (χ4n) is 0.821. The number of amides is 1. The molecule has 0 aliphatic carbocycles. The Bertz CT molecular complexity index is 115. The average Bonchev–Trinajstić information content (AvgIpc) is 2.00. The van der Waals surface area contributed by atoms with Gasteiger partial charge in [-0.15, -0.1) is 0 Å². The van der Waals surface area contributed by atoms with E-state index in [4.69, 9.17) is 5.73 Å². The molecule has 0 saturated heterocycles. The van der Waals surface area contributed by atoms with Crippen molar-refractivity contribution in [1.29, 1.82) is 0 Å². The Kier molecular flexibility index (Phi) is 5.84. The fourth-order valence-corrected chi connectivity index (χ4v) is 0.821. The number of carbonyl (C=O) groups excluding carboxylic acids is 1. The number of hydrogen-bond acceptors (Lipinski definition) is 2. The summed E-state index contributed by atoms with van der Waals surface area (Å²) in [5.74, 6) is -0.0197. The normalized spacial score (nSPS) is 12.6. The van der Waals surface area contributed by atoms with Gasteiger partial charge in [-0.05, 0) is 12.8 Å². The predicted octanol–water partition coefficient (Wildman–Crippen LogP) is 0.640. The second-order valence-corrected chi connectivity index (χ2v) is 2.69. The van der Waals surface area contributed by atoms with Gasteiger partial charge in [-0.3, -0.25) is 4.79 Å². The lowest BCUT2D eigenvalue weighted by Crippen LogP contribution is -2.40. The Hall–Kier alpha value is -0.570. The van der Waals surface area contributed by atoms with Crippen LogP contribution in [0.2, 0.25) is 0 Å². The van der Waals surface area contributed by atoms with Crippen LogP contribution >= 0.6 is 0 Å². The molecule has 0 aromatic rings. The average molecular weight is 158 g/mol. The number of nitrogens with one attached hydrogen (secondary N) is 1. The third-order valence-electron chi connectivity index (χ3n) is 1.49. The van der Waals surface area contributed by atoms with Crippen molar-refractivity contribution in [2.75, 3.05) is 6.54 Å². The first-order valence-corrected chi connectivity index (χ1v) is 4.25. The van der Waals surface area contributed by atoms with E-state index < -0.39 is 0 Å². The van der Waals surface area contributed by atoms with Crippen molar-refractivity contribution in [3.8, 4) is 0 Å². The molecule has 0 aliphatic heterocycles. The van der Waals surface area contributed by atoms with Gasteiger partial charge >= 0.3 is 0 Å². The minimum atomic E-state index is -0.313. The van der Waals surface area contributed by atoms with Crippen LogP contribution in [0.1, 0.15) is 33.1 Å². The van der Waals surface area contributed by atoms with Gasteiger partial charge in [-0.2, -0.15) is 0 Å². The summed E-state index contributed by atoms with van der Waals surface area (Å²) in [5.41, 5.74) is 5.56. The zero-order chi connectivity index (χ0) is 8.69. The van der Waals surface area contributed by atoms with Gasteiger partial charge in [0.25, 0.3) is 0 Å². The van der Waals surface area contributed by atoms with Crippen LogP contribution in [0.15, 0.2) is 0 Å². The van der Waals surface area contributed by atoms with Gasteiger partial charge in [0.1, 0.15) is 0 Å². The monoisotopic (exact) mass is 158 g/mol. The van der Waals surface area contributed by atoms with Gasteiger partial charge in [-0.1, -0.05) is 20.3 Å². The predicted molar refractivity (Wildman–Crippen MR) is 46.2 cm³/mol. The van der Waals surface area contributed by atoms with Crippen molar-refractivity contribution in [1.82, 2.24) is 5.32 Å². The Morgan fingerprint density at radius 3 is 2.55 bits per heavy atom. The van der Waals surface area contributed by atoms with Crippen molar-refractivity contribution in [2.45, 2.75) is 39.2 Å². The first kappa shape index (κ1) is 10.4. The highest BCUT2D eigenvalue weighted by Crippen LogP contribution is 1.92. The third kappa shape index (κ3) is 4.79. The van der Waals surface area contributed by atoms with Crippen LogP contribution in [-0.4, -0.2) is 18.5 Å². The summed E-state index contributed by atoms with van der Waals surface area (Å²) in [6, 6.07) is -0.313. The summed E-state index contributed by atoms with van der Waals surface area (Å²) >= 11 is 0.